The molecule has 4 N–H and O–H groups in total. The molecule has 20 heavy (non-hydrogen) atoms. The fraction of sp³-hybridized carbons (Fsp3) is 0.846. The second kappa shape index (κ2) is 7.85. The molecule has 6 nitrogen and oxygen atoms in total. The quantitative estimate of drug-likeness (QED) is 0.329. The molecule has 2 rings (SSSR count). The summed E-state index contributed by atoms with van der Waals surface area (Å²) in [5, 5.41) is 6.22. The Bertz CT molecular complexity index is 354. The van der Waals surface area contributed by atoms with Crippen molar-refractivity contribution < 1.29 is 14.3 Å². The number of carbonyl (C=O) groups excluding carboxylic acids is 2. The van der Waals surface area contributed by atoms with Gasteiger partial charge in [-0.1, -0.05) is 0 Å². The van der Waals surface area contributed by atoms with Crippen LogP contribution >= 0.6 is 11.8 Å². The van der Waals surface area contributed by atoms with Crippen molar-refractivity contribution in [3.05, 3.63) is 0 Å². The lowest BCUT2D eigenvalue weighted by Gasteiger charge is -2.16. The Morgan fingerprint density at radius 1 is 1.35 bits per heavy atom. The topological polar surface area (TPSA) is 93.4 Å². The molecular weight excluding hydrogens is 278 g/mol. The third kappa shape index (κ3) is 4.36. The molecule has 0 aromatic heterocycles. The Kier molecular flexibility index (Phi) is 6.12. The van der Waals surface area contributed by atoms with Crippen LogP contribution in [-0.2, 0) is 9.53 Å². The van der Waals surface area contributed by atoms with Crippen LogP contribution in [0.2, 0.25) is 0 Å². The van der Waals surface area contributed by atoms with Gasteiger partial charge in [0, 0.05) is 30.5 Å². The number of nitrogens with two attached hydrogens (primary N) is 1. The zero-order valence-corrected chi connectivity index (χ0v) is 12.4. The number of amides is 2. The lowest BCUT2D eigenvalue weighted by molar-refractivity contribution is -0.119. The number of fused-ring (bicyclic) bond motifs is 1. The van der Waals surface area contributed by atoms with E-state index in [9.17, 15) is 9.59 Å². The number of ketones is 1. The number of thioether (sulfide) groups is 1. The van der Waals surface area contributed by atoms with Gasteiger partial charge < -0.3 is 21.1 Å². The zero-order chi connectivity index (χ0) is 14.4. The number of hydrogen-bond acceptors (Lipinski definition) is 5. The van der Waals surface area contributed by atoms with Crippen LogP contribution in [0.1, 0.15) is 32.1 Å². The maximum Gasteiger partial charge on any atom is 0.315 e. The predicted octanol–water partition coefficient (Wildman–Crippen LogP) is 0.604. The van der Waals surface area contributed by atoms with Gasteiger partial charge in [0.05, 0.1) is 18.8 Å². The summed E-state index contributed by atoms with van der Waals surface area (Å²) in [6.07, 6.45) is 3.82. The number of urea groups is 1. The van der Waals surface area contributed by atoms with Crippen molar-refractivity contribution in [3.63, 3.8) is 0 Å². The summed E-state index contributed by atoms with van der Waals surface area (Å²) in [7, 11) is 0. The van der Waals surface area contributed by atoms with E-state index in [1.807, 2.05) is 11.8 Å². The van der Waals surface area contributed by atoms with Crippen molar-refractivity contribution in [3.8, 4) is 0 Å². The predicted molar refractivity (Wildman–Crippen MR) is 78.6 cm³/mol. The van der Waals surface area contributed by atoms with E-state index >= 15 is 0 Å². The van der Waals surface area contributed by atoms with Crippen LogP contribution in [0.4, 0.5) is 4.79 Å². The molecule has 114 valence electrons. The summed E-state index contributed by atoms with van der Waals surface area (Å²) in [6.45, 7) is 0.874. The molecular formula is C13H23N3O3S. The Labute approximate surface area is 123 Å². The number of rotatable bonds is 9. The molecule has 2 amide bonds. The van der Waals surface area contributed by atoms with E-state index in [0.29, 0.717) is 30.5 Å². The highest BCUT2D eigenvalue weighted by molar-refractivity contribution is 8.00. The average molecular weight is 301 g/mol. The first-order chi connectivity index (χ1) is 9.70. The number of carbonyl (C=O) groups is 2. The van der Waals surface area contributed by atoms with E-state index in [1.165, 1.54) is 0 Å². The van der Waals surface area contributed by atoms with Crippen molar-refractivity contribution in [1.29, 1.82) is 0 Å². The maximum atomic E-state index is 11.8. The Balaban J connectivity index is 1.58. The molecule has 0 bridgehead atoms. The van der Waals surface area contributed by atoms with Gasteiger partial charge in [-0.05, 0) is 19.3 Å². The molecule has 0 spiro atoms. The van der Waals surface area contributed by atoms with Crippen LogP contribution in [0.25, 0.3) is 0 Å². The highest BCUT2D eigenvalue weighted by Crippen LogP contribution is 2.32. The molecule has 7 heteroatoms. The smallest absolute Gasteiger partial charge is 0.315 e. The third-order valence-corrected chi connectivity index (χ3v) is 5.27. The van der Waals surface area contributed by atoms with Crippen LogP contribution in [0.3, 0.4) is 0 Å². The number of Topliss-reactive ketones (excluding diaryl/α,β-unsaturated/α-hetero) is 1. The van der Waals surface area contributed by atoms with Gasteiger partial charge in [-0.25, -0.2) is 4.79 Å². The van der Waals surface area contributed by atoms with Gasteiger partial charge in [-0.15, -0.1) is 0 Å². The van der Waals surface area contributed by atoms with E-state index in [0.717, 1.165) is 25.0 Å². The molecule has 3 unspecified atom stereocenters. The van der Waals surface area contributed by atoms with Gasteiger partial charge in [-0.2, -0.15) is 11.8 Å². The van der Waals surface area contributed by atoms with Crippen molar-refractivity contribution >= 4 is 23.6 Å². The van der Waals surface area contributed by atoms with Gasteiger partial charge in [0.1, 0.15) is 5.78 Å². The van der Waals surface area contributed by atoms with Crippen LogP contribution in [0.5, 0.6) is 0 Å². The van der Waals surface area contributed by atoms with E-state index in [4.69, 9.17) is 10.5 Å². The summed E-state index contributed by atoms with van der Waals surface area (Å²) in [4.78, 5) is 23.1. The molecule has 2 aliphatic heterocycles. The molecule has 2 fully saturated rings. The SMILES string of the molecule is NCOCCCCC(=O)CCC1SCC2NC(=O)NC21. The Morgan fingerprint density at radius 3 is 3.00 bits per heavy atom. The third-order valence-electron chi connectivity index (χ3n) is 3.76. The number of hydrogen-bond donors (Lipinski definition) is 3. The first-order valence-electron chi connectivity index (χ1n) is 7.19. The van der Waals surface area contributed by atoms with Crippen LogP contribution in [-0.4, -0.2) is 48.2 Å². The number of ether oxygens (including phenoxy) is 1. The normalized spacial score (nSPS) is 28.1. The van der Waals surface area contributed by atoms with Crippen molar-refractivity contribution in [2.75, 3.05) is 19.1 Å². The maximum absolute atomic E-state index is 11.8. The summed E-state index contributed by atoms with van der Waals surface area (Å²) in [5.41, 5.74) is 5.21. The first kappa shape index (κ1) is 15.6. The lowest BCUT2D eigenvalue weighted by atomic mass is 10.0. The van der Waals surface area contributed by atoms with Crippen LogP contribution < -0.4 is 16.4 Å². The van der Waals surface area contributed by atoms with Crippen LogP contribution in [0, 0.1) is 0 Å². The minimum absolute atomic E-state index is 0.0727. The molecule has 0 aliphatic carbocycles. The average Bonchev–Trinajstić information content (AvgIpc) is 2.95. The zero-order valence-electron chi connectivity index (χ0n) is 11.6. The monoisotopic (exact) mass is 301 g/mol. The molecule has 2 aliphatic rings. The van der Waals surface area contributed by atoms with Gasteiger partial charge in [0.15, 0.2) is 0 Å². The van der Waals surface area contributed by atoms with Gasteiger partial charge in [0.2, 0.25) is 0 Å². The molecule has 0 radical (unpaired) electrons. The summed E-state index contributed by atoms with van der Waals surface area (Å²) >= 11 is 1.85. The second-order valence-corrected chi connectivity index (χ2v) is 6.50. The van der Waals surface area contributed by atoms with E-state index in [1.54, 1.807) is 0 Å². The lowest BCUT2D eigenvalue weighted by Crippen LogP contribution is -2.37. The van der Waals surface area contributed by atoms with E-state index in [2.05, 4.69) is 10.6 Å². The molecule has 0 aromatic rings. The summed E-state index contributed by atoms with van der Waals surface area (Å²) in [6, 6.07) is 0.357. The fourth-order valence-electron chi connectivity index (χ4n) is 2.68. The number of unbranched alkanes of at least 4 members (excludes halogenated alkanes) is 1. The molecule has 0 aromatic carbocycles. The molecule has 0 saturated carbocycles. The van der Waals surface area contributed by atoms with Crippen molar-refractivity contribution in [1.82, 2.24) is 10.6 Å². The van der Waals surface area contributed by atoms with Gasteiger partial charge in [-0.3, -0.25) is 4.79 Å². The van der Waals surface area contributed by atoms with Gasteiger partial charge in [0.25, 0.3) is 0 Å². The van der Waals surface area contributed by atoms with E-state index in [-0.39, 0.29) is 24.8 Å². The van der Waals surface area contributed by atoms with Crippen LogP contribution in [0.15, 0.2) is 0 Å². The minimum Gasteiger partial charge on any atom is -0.367 e. The summed E-state index contributed by atoms with van der Waals surface area (Å²) in [5.74, 6) is 1.25. The second-order valence-electron chi connectivity index (χ2n) is 5.23. The summed E-state index contributed by atoms with van der Waals surface area (Å²) < 4.78 is 5.03. The molecule has 2 saturated heterocycles. The Hall–Kier alpha value is -0.790. The van der Waals surface area contributed by atoms with Gasteiger partial charge >= 0.3 is 6.03 Å². The van der Waals surface area contributed by atoms with E-state index < -0.39 is 0 Å². The number of nitrogens with one attached hydrogen (secondary N) is 2. The largest absolute Gasteiger partial charge is 0.367 e. The highest BCUT2D eigenvalue weighted by Gasteiger charge is 2.42. The van der Waals surface area contributed by atoms with Crippen molar-refractivity contribution in [2.45, 2.75) is 49.4 Å². The molecule has 3 atom stereocenters. The van der Waals surface area contributed by atoms with Crippen molar-refractivity contribution in [2.24, 2.45) is 5.73 Å². The highest BCUT2D eigenvalue weighted by atomic mass is 32.2. The minimum atomic E-state index is -0.0727. The molecule has 2 heterocycles. The first-order valence-corrected chi connectivity index (χ1v) is 8.23. The standard InChI is InChI=1S/C13H23N3O3S/c14-8-19-6-2-1-3-9(17)4-5-11-12-10(7-20-11)15-13(18)16-12/h10-12H,1-8,14H2,(H2,15,16,18). The fourth-order valence-corrected chi connectivity index (χ4v) is 4.18. The Morgan fingerprint density at radius 2 is 2.20 bits per heavy atom.